The van der Waals surface area contributed by atoms with Crippen LogP contribution in [0, 0.1) is 17.6 Å². The van der Waals surface area contributed by atoms with Gasteiger partial charge >= 0.3 is 0 Å². The molecule has 4 heteroatoms. The molecular weight excluding hydrogens is 248 g/mol. The second-order valence-corrected chi connectivity index (χ2v) is 4.84. The van der Waals surface area contributed by atoms with Gasteiger partial charge in [-0.25, -0.2) is 8.78 Å². The minimum atomic E-state index is -0.524. The van der Waals surface area contributed by atoms with Crippen LogP contribution in [0.1, 0.15) is 38.2 Å². The minimum absolute atomic E-state index is 0.0390. The van der Waals surface area contributed by atoms with Crippen molar-refractivity contribution in [3.8, 4) is 0 Å². The van der Waals surface area contributed by atoms with Crippen molar-refractivity contribution in [2.75, 3.05) is 6.54 Å². The molecule has 0 aliphatic heterocycles. The lowest BCUT2D eigenvalue weighted by molar-refractivity contribution is -0.118. The summed E-state index contributed by atoms with van der Waals surface area (Å²) in [6.45, 7) is 2.68. The highest BCUT2D eigenvalue weighted by Crippen LogP contribution is 2.17. The van der Waals surface area contributed by atoms with E-state index in [0.717, 1.165) is 37.5 Å². The molecule has 19 heavy (non-hydrogen) atoms. The van der Waals surface area contributed by atoms with Crippen molar-refractivity contribution >= 4 is 5.78 Å². The van der Waals surface area contributed by atoms with Gasteiger partial charge in [-0.15, -0.1) is 0 Å². The Labute approximate surface area is 113 Å². The molecule has 2 nitrogen and oxygen atoms in total. The third-order valence-electron chi connectivity index (χ3n) is 3.38. The molecule has 0 aliphatic carbocycles. The highest BCUT2D eigenvalue weighted by Gasteiger charge is 2.12. The third-order valence-corrected chi connectivity index (χ3v) is 3.38. The van der Waals surface area contributed by atoms with Gasteiger partial charge in [0, 0.05) is 12.8 Å². The zero-order chi connectivity index (χ0) is 14.3. The lowest BCUT2D eigenvalue weighted by Gasteiger charge is -2.12. The van der Waals surface area contributed by atoms with Crippen molar-refractivity contribution in [1.82, 2.24) is 0 Å². The molecule has 1 aromatic carbocycles. The smallest absolute Gasteiger partial charge is 0.137 e. The molecule has 0 radical (unpaired) electrons. The van der Waals surface area contributed by atoms with E-state index in [9.17, 15) is 13.6 Å². The van der Waals surface area contributed by atoms with Crippen molar-refractivity contribution in [3.63, 3.8) is 0 Å². The summed E-state index contributed by atoms with van der Waals surface area (Å²) in [6, 6.07) is 3.20. The van der Waals surface area contributed by atoms with E-state index in [1.54, 1.807) is 0 Å². The van der Waals surface area contributed by atoms with Gasteiger partial charge < -0.3 is 5.73 Å². The summed E-state index contributed by atoms with van der Waals surface area (Å²) in [7, 11) is 0. The van der Waals surface area contributed by atoms with E-state index in [2.05, 4.69) is 6.92 Å². The van der Waals surface area contributed by atoms with Gasteiger partial charge in [0.05, 0.1) is 0 Å². The number of rotatable bonds is 8. The standard InChI is InChI=1S/C15H21F2NO/c1-2-11(7-8-18)3-5-14(19)10-12-9-13(16)4-6-15(12)17/h4,6,9,11H,2-3,5,7-8,10,18H2,1H3. The first-order valence-corrected chi connectivity index (χ1v) is 6.72. The topological polar surface area (TPSA) is 43.1 Å². The van der Waals surface area contributed by atoms with Gasteiger partial charge in [0.1, 0.15) is 17.4 Å². The van der Waals surface area contributed by atoms with Crippen LogP contribution in [0.15, 0.2) is 18.2 Å². The van der Waals surface area contributed by atoms with Crippen molar-refractivity contribution in [1.29, 1.82) is 0 Å². The van der Waals surface area contributed by atoms with Crippen molar-refractivity contribution in [2.24, 2.45) is 11.7 Å². The molecule has 0 bridgehead atoms. The Bertz CT molecular complexity index is 421. The number of Topliss-reactive ketones (excluding diaryl/α,β-unsaturated/α-hetero) is 1. The largest absolute Gasteiger partial charge is 0.330 e. The van der Waals surface area contributed by atoms with E-state index < -0.39 is 11.6 Å². The molecule has 0 fully saturated rings. The van der Waals surface area contributed by atoms with Crippen LogP contribution in [0.3, 0.4) is 0 Å². The SMILES string of the molecule is CCC(CCN)CCC(=O)Cc1cc(F)ccc1F. The zero-order valence-corrected chi connectivity index (χ0v) is 11.3. The molecule has 0 saturated heterocycles. The van der Waals surface area contributed by atoms with Crippen molar-refractivity contribution in [3.05, 3.63) is 35.4 Å². The van der Waals surface area contributed by atoms with Gasteiger partial charge in [0.15, 0.2) is 0 Å². The summed E-state index contributed by atoms with van der Waals surface area (Å²) in [6.07, 6.45) is 3.01. The van der Waals surface area contributed by atoms with E-state index in [-0.39, 0.29) is 17.8 Å². The van der Waals surface area contributed by atoms with Crippen LogP contribution in [0.5, 0.6) is 0 Å². The molecule has 106 valence electrons. The van der Waals surface area contributed by atoms with Gasteiger partial charge in [-0.2, -0.15) is 0 Å². The Morgan fingerprint density at radius 2 is 2.05 bits per heavy atom. The molecule has 1 atom stereocenters. The maximum Gasteiger partial charge on any atom is 0.137 e. The van der Waals surface area contributed by atoms with E-state index in [1.807, 2.05) is 0 Å². The van der Waals surface area contributed by atoms with Crippen LogP contribution in [0.25, 0.3) is 0 Å². The Morgan fingerprint density at radius 1 is 1.32 bits per heavy atom. The van der Waals surface area contributed by atoms with E-state index in [4.69, 9.17) is 5.73 Å². The summed E-state index contributed by atoms with van der Waals surface area (Å²) in [4.78, 5) is 11.8. The first kappa shape index (κ1) is 15.8. The molecule has 0 saturated carbocycles. The number of carbonyl (C=O) groups excluding carboxylic acids is 1. The molecule has 0 aromatic heterocycles. The summed E-state index contributed by atoms with van der Waals surface area (Å²) >= 11 is 0. The predicted octanol–water partition coefficient (Wildman–Crippen LogP) is 3.23. The molecule has 0 spiro atoms. The number of benzene rings is 1. The summed E-state index contributed by atoms with van der Waals surface area (Å²) in [5, 5.41) is 0. The summed E-state index contributed by atoms with van der Waals surface area (Å²) < 4.78 is 26.4. The number of halogens is 2. The maximum absolute atomic E-state index is 13.4. The molecule has 1 unspecified atom stereocenters. The van der Waals surface area contributed by atoms with Crippen LogP contribution >= 0.6 is 0 Å². The molecule has 1 rings (SSSR count). The summed E-state index contributed by atoms with van der Waals surface area (Å²) in [5.41, 5.74) is 5.63. The molecule has 2 N–H and O–H groups in total. The Hall–Kier alpha value is -1.29. The number of nitrogens with two attached hydrogens (primary N) is 1. The highest BCUT2D eigenvalue weighted by molar-refractivity contribution is 5.80. The molecular formula is C15H21F2NO. The normalized spacial score (nSPS) is 12.4. The monoisotopic (exact) mass is 269 g/mol. The molecule has 0 amide bonds. The fourth-order valence-corrected chi connectivity index (χ4v) is 2.13. The maximum atomic E-state index is 13.4. The van der Waals surface area contributed by atoms with Crippen LogP contribution in [-0.2, 0) is 11.2 Å². The minimum Gasteiger partial charge on any atom is -0.330 e. The van der Waals surface area contributed by atoms with Crippen molar-refractivity contribution < 1.29 is 13.6 Å². The molecule has 1 aromatic rings. The van der Waals surface area contributed by atoms with E-state index in [0.29, 0.717) is 18.9 Å². The second kappa shape index (κ2) is 8.00. The average Bonchev–Trinajstić information content (AvgIpc) is 2.39. The molecule has 0 heterocycles. The second-order valence-electron chi connectivity index (χ2n) is 4.84. The predicted molar refractivity (Wildman–Crippen MR) is 71.8 cm³/mol. The quantitative estimate of drug-likeness (QED) is 0.787. The van der Waals surface area contributed by atoms with Gasteiger partial charge in [-0.1, -0.05) is 13.3 Å². The van der Waals surface area contributed by atoms with Gasteiger partial charge in [0.25, 0.3) is 0 Å². The Kier molecular flexibility index (Phi) is 6.64. The lowest BCUT2D eigenvalue weighted by atomic mass is 9.94. The van der Waals surface area contributed by atoms with E-state index >= 15 is 0 Å². The van der Waals surface area contributed by atoms with Crippen LogP contribution in [0.2, 0.25) is 0 Å². The van der Waals surface area contributed by atoms with Crippen molar-refractivity contribution in [2.45, 2.75) is 39.0 Å². The lowest BCUT2D eigenvalue weighted by Crippen LogP contribution is -2.11. The van der Waals surface area contributed by atoms with E-state index in [1.165, 1.54) is 0 Å². The van der Waals surface area contributed by atoms with Crippen LogP contribution in [0.4, 0.5) is 8.78 Å². The fourth-order valence-electron chi connectivity index (χ4n) is 2.13. The number of hydrogen-bond acceptors (Lipinski definition) is 2. The fraction of sp³-hybridized carbons (Fsp3) is 0.533. The average molecular weight is 269 g/mol. The molecule has 0 aliphatic rings. The van der Waals surface area contributed by atoms with Crippen LogP contribution in [-0.4, -0.2) is 12.3 Å². The first-order chi connectivity index (χ1) is 9.06. The first-order valence-electron chi connectivity index (χ1n) is 6.72. The Balaban J connectivity index is 2.48. The summed E-state index contributed by atoms with van der Waals surface area (Å²) in [5.74, 6) is -0.659. The van der Waals surface area contributed by atoms with Gasteiger partial charge in [0.2, 0.25) is 0 Å². The third kappa shape index (κ3) is 5.47. The van der Waals surface area contributed by atoms with Gasteiger partial charge in [-0.05, 0) is 49.1 Å². The number of hydrogen-bond donors (Lipinski definition) is 1. The number of ketones is 1. The Morgan fingerprint density at radius 3 is 2.68 bits per heavy atom. The highest BCUT2D eigenvalue weighted by atomic mass is 19.1. The number of carbonyl (C=O) groups is 1. The van der Waals surface area contributed by atoms with Gasteiger partial charge in [-0.3, -0.25) is 4.79 Å². The van der Waals surface area contributed by atoms with Crippen LogP contribution < -0.4 is 5.73 Å². The zero-order valence-electron chi connectivity index (χ0n) is 11.3.